The first-order valence-electron chi connectivity index (χ1n) is 9.22. The van der Waals surface area contributed by atoms with E-state index in [0.717, 1.165) is 26.9 Å². The van der Waals surface area contributed by atoms with Crippen molar-refractivity contribution < 1.29 is 4.79 Å². The van der Waals surface area contributed by atoms with Gasteiger partial charge in [-0.15, -0.1) is 5.10 Å². The number of nitrogens with zero attached hydrogens (tertiary/aromatic N) is 6. The summed E-state index contributed by atoms with van der Waals surface area (Å²) in [5.74, 6) is -0.151. The molecule has 148 valence electrons. The molecule has 0 aliphatic carbocycles. The molecule has 9 heteroatoms. The van der Waals surface area contributed by atoms with Crippen LogP contribution in [0.2, 0.25) is 5.02 Å². The molecule has 3 aromatic heterocycles. The summed E-state index contributed by atoms with van der Waals surface area (Å²) in [6.07, 6.45) is 1.71. The van der Waals surface area contributed by atoms with Gasteiger partial charge in [0.15, 0.2) is 5.13 Å². The molecule has 2 aromatic carbocycles. The van der Waals surface area contributed by atoms with Gasteiger partial charge in [0.2, 0.25) is 0 Å². The van der Waals surface area contributed by atoms with Crippen molar-refractivity contribution in [1.29, 1.82) is 0 Å². The topological polar surface area (TPSA) is 76.8 Å². The zero-order valence-electron chi connectivity index (χ0n) is 15.6. The van der Waals surface area contributed by atoms with Gasteiger partial charge in [0.1, 0.15) is 12.1 Å². The Morgan fingerprint density at radius 2 is 1.93 bits per heavy atom. The molecule has 0 saturated heterocycles. The monoisotopic (exact) mass is 434 g/mol. The highest BCUT2D eigenvalue weighted by atomic mass is 35.5. The summed E-state index contributed by atoms with van der Waals surface area (Å²) >= 11 is 7.54. The standard InChI is InChI=1S/C21H15ClN6OS/c22-14-8-9-17-19(11-14)30-21(24-17)27(12-15-5-3-4-10-23-15)20(29)13-28-18-7-2-1-6-16(18)25-26-28/h1-11H,12-13H2. The Kier molecular flexibility index (Phi) is 4.86. The predicted octanol–water partition coefficient (Wildman–Crippen LogP) is 4.32. The number of para-hydroxylation sites is 1. The van der Waals surface area contributed by atoms with E-state index < -0.39 is 0 Å². The minimum absolute atomic E-state index is 0.0457. The summed E-state index contributed by atoms with van der Waals surface area (Å²) in [5.41, 5.74) is 3.12. The Morgan fingerprint density at radius 1 is 1.07 bits per heavy atom. The fourth-order valence-corrected chi connectivity index (χ4v) is 4.42. The molecule has 0 unspecified atom stereocenters. The highest BCUT2D eigenvalue weighted by Gasteiger charge is 2.22. The number of anilines is 1. The highest BCUT2D eigenvalue weighted by molar-refractivity contribution is 7.22. The summed E-state index contributed by atoms with van der Waals surface area (Å²) in [6, 6.07) is 18.7. The Bertz CT molecular complexity index is 1350. The average Bonchev–Trinajstić information content (AvgIpc) is 3.36. The third kappa shape index (κ3) is 3.62. The van der Waals surface area contributed by atoms with Crippen molar-refractivity contribution in [2.45, 2.75) is 13.1 Å². The molecule has 5 aromatic rings. The lowest BCUT2D eigenvalue weighted by atomic mass is 10.3. The maximum absolute atomic E-state index is 13.4. The number of carbonyl (C=O) groups excluding carboxylic acids is 1. The van der Waals surface area contributed by atoms with Crippen molar-refractivity contribution >= 4 is 55.2 Å². The lowest BCUT2D eigenvalue weighted by Crippen LogP contribution is -2.34. The first kappa shape index (κ1) is 18.7. The number of benzene rings is 2. The number of hydrogen-bond donors (Lipinski definition) is 0. The zero-order valence-corrected chi connectivity index (χ0v) is 17.2. The molecule has 0 bridgehead atoms. The largest absolute Gasteiger partial charge is 0.280 e. The van der Waals surface area contributed by atoms with Crippen LogP contribution in [0.5, 0.6) is 0 Å². The van der Waals surface area contributed by atoms with Crippen molar-refractivity contribution in [2.24, 2.45) is 0 Å². The Balaban J connectivity index is 1.51. The van der Waals surface area contributed by atoms with Crippen LogP contribution in [0, 0.1) is 0 Å². The van der Waals surface area contributed by atoms with Gasteiger partial charge in [-0.3, -0.25) is 14.7 Å². The SMILES string of the molecule is O=C(Cn1nnc2ccccc21)N(Cc1ccccn1)c1nc2ccc(Cl)cc2s1. The van der Waals surface area contributed by atoms with Gasteiger partial charge in [-0.25, -0.2) is 9.67 Å². The number of halogens is 1. The minimum atomic E-state index is -0.151. The highest BCUT2D eigenvalue weighted by Crippen LogP contribution is 2.31. The van der Waals surface area contributed by atoms with Gasteiger partial charge in [-0.2, -0.15) is 0 Å². The molecule has 0 fully saturated rings. The van der Waals surface area contributed by atoms with Crippen molar-refractivity contribution in [3.05, 3.63) is 77.6 Å². The molecule has 0 aliphatic rings. The maximum atomic E-state index is 13.4. The van der Waals surface area contributed by atoms with Crippen LogP contribution in [0.4, 0.5) is 5.13 Å². The number of pyridine rings is 1. The van der Waals surface area contributed by atoms with Crippen molar-refractivity contribution in [2.75, 3.05) is 4.90 Å². The van der Waals surface area contributed by atoms with Gasteiger partial charge in [0.25, 0.3) is 5.91 Å². The number of fused-ring (bicyclic) bond motifs is 2. The molecular weight excluding hydrogens is 420 g/mol. The lowest BCUT2D eigenvalue weighted by Gasteiger charge is -2.19. The third-order valence-electron chi connectivity index (χ3n) is 4.62. The Labute approximate surface area is 180 Å². The second-order valence-corrected chi connectivity index (χ2v) is 8.09. The van der Waals surface area contributed by atoms with E-state index in [1.54, 1.807) is 21.8 Å². The molecule has 3 heterocycles. The number of thiazole rings is 1. The van der Waals surface area contributed by atoms with Gasteiger partial charge in [-0.05, 0) is 42.5 Å². The summed E-state index contributed by atoms with van der Waals surface area (Å²) in [7, 11) is 0. The number of rotatable bonds is 5. The smallest absolute Gasteiger partial charge is 0.250 e. The number of amides is 1. The fraction of sp³-hybridized carbons (Fsp3) is 0.0952. The van der Waals surface area contributed by atoms with Gasteiger partial charge in [0, 0.05) is 11.2 Å². The normalized spacial score (nSPS) is 11.2. The summed E-state index contributed by atoms with van der Waals surface area (Å²) in [5, 5.41) is 9.50. The van der Waals surface area contributed by atoms with Crippen LogP contribution in [-0.2, 0) is 17.9 Å². The van der Waals surface area contributed by atoms with Crippen LogP contribution < -0.4 is 4.90 Å². The maximum Gasteiger partial charge on any atom is 0.250 e. The molecule has 0 N–H and O–H groups in total. The van der Waals surface area contributed by atoms with E-state index in [4.69, 9.17) is 11.6 Å². The van der Waals surface area contributed by atoms with Crippen LogP contribution in [-0.4, -0.2) is 30.9 Å². The van der Waals surface area contributed by atoms with Crippen molar-refractivity contribution in [3.63, 3.8) is 0 Å². The van der Waals surface area contributed by atoms with Gasteiger partial charge < -0.3 is 0 Å². The molecule has 30 heavy (non-hydrogen) atoms. The third-order valence-corrected chi connectivity index (χ3v) is 5.90. The molecular formula is C21H15ClN6OS. The van der Waals surface area contributed by atoms with E-state index in [2.05, 4.69) is 20.3 Å². The van der Waals surface area contributed by atoms with E-state index in [-0.39, 0.29) is 12.5 Å². The van der Waals surface area contributed by atoms with Gasteiger partial charge >= 0.3 is 0 Å². The van der Waals surface area contributed by atoms with Crippen LogP contribution in [0.15, 0.2) is 66.9 Å². The molecule has 0 aliphatic heterocycles. The number of hydrogen-bond acceptors (Lipinski definition) is 6. The van der Waals surface area contributed by atoms with Crippen molar-refractivity contribution in [1.82, 2.24) is 25.0 Å². The van der Waals surface area contributed by atoms with Crippen LogP contribution in [0.25, 0.3) is 21.3 Å². The Hall–Kier alpha value is -3.36. The number of carbonyl (C=O) groups is 1. The van der Waals surface area contributed by atoms with E-state index >= 15 is 0 Å². The molecule has 1 amide bonds. The van der Waals surface area contributed by atoms with E-state index in [1.807, 2.05) is 54.6 Å². The van der Waals surface area contributed by atoms with Gasteiger partial charge in [-0.1, -0.05) is 46.4 Å². The summed E-state index contributed by atoms with van der Waals surface area (Å²) < 4.78 is 2.52. The molecule has 5 rings (SSSR count). The van der Waals surface area contributed by atoms with E-state index in [1.165, 1.54) is 11.3 Å². The van der Waals surface area contributed by atoms with Crippen LogP contribution in [0.3, 0.4) is 0 Å². The van der Waals surface area contributed by atoms with E-state index in [9.17, 15) is 4.79 Å². The molecule has 0 saturated carbocycles. The summed E-state index contributed by atoms with van der Waals surface area (Å²) in [6.45, 7) is 0.351. The average molecular weight is 435 g/mol. The predicted molar refractivity (Wildman–Crippen MR) is 118 cm³/mol. The quantitative estimate of drug-likeness (QED) is 0.411. The molecule has 0 atom stereocenters. The second-order valence-electron chi connectivity index (χ2n) is 6.65. The van der Waals surface area contributed by atoms with E-state index in [0.29, 0.717) is 16.7 Å². The minimum Gasteiger partial charge on any atom is -0.280 e. The van der Waals surface area contributed by atoms with Gasteiger partial charge in [0.05, 0.1) is 28.0 Å². The first-order valence-corrected chi connectivity index (χ1v) is 10.4. The summed E-state index contributed by atoms with van der Waals surface area (Å²) in [4.78, 5) is 24.0. The molecule has 7 nitrogen and oxygen atoms in total. The number of aromatic nitrogens is 5. The fourth-order valence-electron chi connectivity index (χ4n) is 3.17. The lowest BCUT2D eigenvalue weighted by molar-refractivity contribution is -0.119. The second kappa shape index (κ2) is 7.81. The molecule has 0 radical (unpaired) electrons. The van der Waals surface area contributed by atoms with Crippen LogP contribution in [0.1, 0.15) is 5.69 Å². The van der Waals surface area contributed by atoms with Crippen LogP contribution >= 0.6 is 22.9 Å². The zero-order chi connectivity index (χ0) is 20.5. The van der Waals surface area contributed by atoms with Crippen molar-refractivity contribution in [3.8, 4) is 0 Å². The molecule has 0 spiro atoms. The first-order chi connectivity index (χ1) is 14.7. The Morgan fingerprint density at radius 3 is 2.80 bits per heavy atom.